The maximum Gasteiger partial charge on any atom is 0.251 e. The summed E-state index contributed by atoms with van der Waals surface area (Å²) in [5.74, 6) is 2.57. The van der Waals surface area contributed by atoms with Gasteiger partial charge in [0.05, 0.1) is 5.69 Å². The van der Waals surface area contributed by atoms with E-state index >= 15 is 0 Å². The second-order valence-electron chi connectivity index (χ2n) is 7.39. The molecule has 5 rings (SSSR count). The molecule has 0 aliphatic heterocycles. The second-order valence-corrected chi connectivity index (χ2v) is 7.39. The van der Waals surface area contributed by atoms with Crippen molar-refractivity contribution in [3.63, 3.8) is 0 Å². The van der Waals surface area contributed by atoms with Crippen molar-refractivity contribution in [2.75, 3.05) is 0 Å². The van der Waals surface area contributed by atoms with Gasteiger partial charge in [0.1, 0.15) is 0 Å². The fourth-order valence-electron chi connectivity index (χ4n) is 5.31. The van der Waals surface area contributed by atoms with Gasteiger partial charge < -0.3 is 11.1 Å². The molecule has 4 fully saturated rings. The lowest BCUT2D eigenvalue weighted by Gasteiger charge is -2.56. The third-order valence-electron chi connectivity index (χ3n) is 5.70. The Kier molecular flexibility index (Phi) is 3.03. The predicted octanol–water partition coefficient (Wildman–Crippen LogP) is 2.24. The van der Waals surface area contributed by atoms with Crippen LogP contribution < -0.4 is 11.1 Å². The van der Waals surface area contributed by atoms with E-state index in [0.29, 0.717) is 12.1 Å². The van der Waals surface area contributed by atoms with Crippen LogP contribution in [0.1, 0.15) is 54.6 Å². The van der Waals surface area contributed by atoms with Crippen molar-refractivity contribution in [2.45, 2.75) is 50.6 Å². The van der Waals surface area contributed by atoms with Gasteiger partial charge in [0.2, 0.25) is 0 Å². The van der Waals surface area contributed by atoms with Crippen LogP contribution in [0.2, 0.25) is 0 Å². The Bertz CT molecular complexity index is 534. The molecule has 0 aromatic carbocycles. The van der Waals surface area contributed by atoms with Gasteiger partial charge in [0.25, 0.3) is 5.91 Å². The Morgan fingerprint density at radius 2 is 1.86 bits per heavy atom. The van der Waals surface area contributed by atoms with Crippen molar-refractivity contribution in [1.82, 2.24) is 10.3 Å². The van der Waals surface area contributed by atoms with E-state index in [-0.39, 0.29) is 11.4 Å². The molecule has 1 aromatic rings. The van der Waals surface area contributed by atoms with Crippen molar-refractivity contribution < 1.29 is 4.79 Å². The van der Waals surface area contributed by atoms with Gasteiger partial charge in [0.15, 0.2) is 0 Å². The standard InChI is InChI=1S/C17H23N3O/c18-10-15-6-14(1-2-19-15)16(21)20-17-7-11-3-12(8-17)5-13(4-11)9-17/h1-2,6,11-13H,3-5,7-10,18H2,(H,20,21). The normalized spacial score (nSPS) is 36.7. The minimum Gasteiger partial charge on any atom is -0.347 e. The zero-order valence-corrected chi connectivity index (χ0v) is 12.3. The minimum atomic E-state index is 0.0500. The first-order chi connectivity index (χ1) is 10.2. The number of rotatable bonds is 3. The quantitative estimate of drug-likeness (QED) is 0.895. The van der Waals surface area contributed by atoms with E-state index < -0.39 is 0 Å². The van der Waals surface area contributed by atoms with Crippen LogP contribution in [-0.4, -0.2) is 16.4 Å². The number of aromatic nitrogens is 1. The number of amides is 1. The van der Waals surface area contributed by atoms with E-state index in [1.54, 1.807) is 12.3 Å². The molecule has 0 radical (unpaired) electrons. The van der Waals surface area contributed by atoms with Gasteiger partial charge in [-0.1, -0.05) is 0 Å². The lowest BCUT2D eigenvalue weighted by Crippen LogP contribution is -2.59. The highest BCUT2D eigenvalue weighted by molar-refractivity contribution is 5.94. The van der Waals surface area contributed by atoms with Gasteiger partial charge in [-0.3, -0.25) is 9.78 Å². The number of hydrogen-bond acceptors (Lipinski definition) is 3. The summed E-state index contributed by atoms with van der Waals surface area (Å²) in [6.45, 7) is 0.373. The minimum absolute atomic E-state index is 0.0500. The van der Waals surface area contributed by atoms with Crippen LogP contribution in [0, 0.1) is 17.8 Å². The topological polar surface area (TPSA) is 68.0 Å². The summed E-state index contributed by atoms with van der Waals surface area (Å²) in [5.41, 5.74) is 7.15. The van der Waals surface area contributed by atoms with Crippen molar-refractivity contribution >= 4 is 5.91 Å². The molecule has 4 bridgehead atoms. The van der Waals surface area contributed by atoms with Crippen LogP contribution in [0.4, 0.5) is 0 Å². The van der Waals surface area contributed by atoms with E-state index in [1.807, 2.05) is 6.07 Å². The van der Waals surface area contributed by atoms with Crippen LogP contribution in [0.25, 0.3) is 0 Å². The largest absolute Gasteiger partial charge is 0.347 e. The zero-order chi connectivity index (χ0) is 14.4. The van der Waals surface area contributed by atoms with Gasteiger partial charge in [-0.2, -0.15) is 0 Å². The summed E-state index contributed by atoms with van der Waals surface area (Å²) in [5, 5.41) is 3.38. The molecule has 1 heterocycles. The van der Waals surface area contributed by atoms with Crippen LogP contribution >= 0.6 is 0 Å². The highest BCUT2D eigenvalue weighted by atomic mass is 16.1. The van der Waals surface area contributed by atoms with E-state index in [1.165, 1.54) is 38.5 Å². The molecule has 0 spiro atoms. The number of hydrogen-bond donors (Lipinski definition) is 2. The fourth-order valence-corrected chi connectivity index (χ4v) is 5.31. The molecule has 112 valence electrons. The number of nitrogens with one attached hydrogen (secondary N) is 1. The molecule has 0 saturated heterocycles. The van der Waals surface area contributed by atoms with Crippen molar-refractivity contribution in [2.24, 2.45) is 23.5 Å². The molecular weight excluding hydrogens is 262 g/mol. The molecule has 4 aliphatic carbocycles. The van der Waals surface area contributed by atoms with Crippen LogP contribution in [-0.2, 0) is 6.54 Å². The molecule has 3 N–H and O–H groups in total. The smallest absolute Gasteiger partial charge is 0.251 e. The maximum atomic E-state index is 12.6. The average molecular weight is 285 g/mol. The summed E-state index contributed by atoms with van der Waals surface area (Å²) in [6.07, 6.45) is 9.39. The summed E-state index contributed by atoms with van der Waals surface area (Å²) in [6, 6.07) is 3.60. The lowest BCUT2D eigenvalue weighted by atomic mass is 9.53. The molecule has 1 amide bonds. The molecule has 0 atom stereocenters. The monoisotopic (exact) mass is 285 g/mol. The molecular formula is C17H23N3O. The van der Waals surface area contributed by atoms with Crippen molar-refractivity contribution in [3.8, 4) is 0 Å². The second kappa shape index (κ2) is 4.80. The molecule has 1 aromatic heterocycles. The number of pyridine rings is 1. The summed E-state index contributed by atoms with van der Waals surface area (Å²) >= 11 is 0. The number of carbonyl (C=O) groups is 1. The number of nitrogens with zero attached hydrogens (tertiary/aromatic N) is 1. The Labute approximate surface area is 125 Å². The average Bonchev–Trinajstić information content (AvgIpc) is 2.45. The first-order valence-corrected chi connectivity index (χ1v) is 8.13. The van der Waals surface area contributed by atoms with Crippen molar-refractivity contribution in [3.05, 3.63) is 29.6 Å². The molecule has 4 aliphatic rings. The Morgan fingerprint density at radius 1 is 1.24 bits per heavy atom. The fraction of sp³-hybridized carbons (Fsp3) is 0.647. The molecule has 4 saturated carbocycles. The highest BCUT2D eigenvalue weighted by Crippen LogP contribution is 2.55. The summed E-state index contributed by atoms with van der Waals surface area (Å²) in [4.78, 5) is 16.8. The highest BCUT2D eigenvalue weighted by Gasteiger charge is 2.51. The Hall–Kier alpha value is -1.42. The van der Waals surface area contributed by atoms with Crippen LogP contribution in [0.5, 0.6) is 0 Å². The molecule has 21 heavy (non-hydrogen) atoms. The lowest BCUT2D eigenvalue weighted by molar-refractivity contribution is -0.0167. The Balaban J connectivity index is 1.54. The molecule has 0 unspecified atom stereocenters. The maximum absolute atomic E-state index is 12.6. The van der Waals surface area contributed by atoms with Gasteiger partial charge in [-0.05, 0) is 68.4 Å². The van der Waals surface area contributed by atoms with Crippen LogP contribution in [0.15, 0.2) is 18.3 Å². The van der Waals surface area contributed by atoms with E-state index in [2.05, 4.69) is 10.3 Å². The van der Waals surface area contributed by atoms with E-state index in [0.717, 1.165) is 23.4 Å². The van der Waals surface area contributed by atoms with Gasteiger partial charge in [-0.25, -0.2) is 0 Å². The zero-order valence-electron chi connectivity index (χ0n) is 12.3. The Morgan fingerprint density at radius 3 is 2.43 bits per heavy atom. The van der Waals surface area contributed by atoms with Gasteiger partial charge >= 0.3 is 0 Å². The third-order valence-corrected chi connectivity index (χ3v) is 5.70. The van der Waals surface area contributed by atoms with Crippen LogP contribution in [0.3, 0.4) is 0 Å². The predicted molar refractivity (Wildman–Crippen MR) is 80.5 cm³/mol. The molecule has 4 heteroatoms. The van der Waals surface area contributed by atoms with E-state index in [9.17, 15) is 4.79 Å². The van der Waals surface area contributed by atoms with E-state index in [4.69, 9.17) is 5.73 Å². The third kappa shape index (κ3) is 2.35. The van der Waals surface area contributed by atoms with Gasteiger partial charge in [-0.15, -0.1) is 0 Å². The first-order valence-electron chi connectivity index (χ1n) is 8.13. The van der Waals surface area contributed by atoms with Gasteiger partial charge in [0, 0.05) is 23.8 Å². The first kappa shape index (κ1) is 13.3. The van der Waals surface area contributed by atoms with Crippen molar-refractivity contribution in [1.29, 1.82) is 0 Å². The molecule has 4 nitrogen and oxygen atoms in total. The number of carbonyl (C=O) groups excluding carboxylic acids is 1. The summed E-state index contributed by atoms with van der Waals surface area (Å²) in [7, 11) is 0. The summed E-state index contributed by atoms with van der Waals surface area (Å²) < 4.78 is 0. The SMILES string of the molecule is NCc1cc(C(=O)NC23CC4CC(CC(C4)C2)C3)ccn1. The number of nitrogens with two attached hydrogens (primary N) is 1.